The van der Waals surface area contributed by atoms with E-state index < -0.39 is 11.7 Å². The molecule has 1 unspecified atom stereocenters. The van der Waals surface area contributed by atoms with Crippen molar-refractivity contribution in [1.82, 2.24) is 0 Å². The molecule has 0 radical (unpaired) electrons. The molecule has 0 spiro atoms. The van der Waals surface area contributed by atoms with Crippen molar-refractivity contribution in [2.24, 2.45) is 5.92 Å². The summed E-state index contributed by atoms with van der Waals surface area (Å²) in [7, 11) is 0. The Balaban J connectivity index is 2.53. The van der Waals surface area contributed by atoms with Crippen molar-refractivity contribution in [1.29, 1.82) is 0 Å². The molecule has 0 fully saturated rings. The first-order valence-corrected chi connectivity index (χ1v) is 6.51. The molecule has 0 aliphatic carbocycles. The molecule has 1 aromatic rings. The van der Waals surface area contributed by atoms with Crippen LogP contribution < -0.4 is 4.74 Å². The normalized spacial score (nSPS) is 13.4. The van der Waals surface area contributed by atoms with Gasteiger partial charge in [0.25, 0.3) is 0 Å². The van der Waals surface area contributed by atoms with Crippen molar-refractivity contribution in [3.63, 3.8) is 0 Å². The van der Waals surface area contributed by atoms with E-state index in [2.05, 4.69) is 19.6 Å². The van der Waals surface area contributed by atoms with Crippen LogP contribution in [0.5, 0.6) is 5.75 Å². The quantitative estimate of drug-likeness (QED) is 0.757. The molecule has 1 rings (SSSR count). The van der Waals surface area contributed by atoms with Crippen molar-refractivity contribution in [2.45, 2.75) is 25.9 Å². The average molecular weight is 278 g/mol. The van der Waals surface area contributed by atoms with Crippen LogP contribution in [0.2, 0.25) is 0 Å². The molecule has 0 N–H and O–H groups in total. The molecule has 5 heteroatoms. The van der Waals surface area contributed by atoms with Gasteiger partial charge in [-0.05, 0) is 36.4 Å². The van der Waals surface area contributed by atoms with Gasteiger partial charge in [-0.3, -0.25) is 0 Å². The molecule has 0 saturated carbocycles. The number of halogens is 3. The third-order valence-electron chi connectivity index (χ3n) is 2.62. The third-order valence-corrected chi connectivity index (χ3v) is 3.14. The van der Waals surface area contributed by atoms with Gasteiger partial charge >= 0.3 is 6.18 Å². The number of hydrogen-bond donors (Lipinski definition) is 1. The van der Waals surface area contributed by atoms with Crippen molar-refractivity contribution in [3.05, 3.63) is 29.8 Å². The van der Waals surface area contributed by atoms with Gasteiger partial charge < -0.3 is 4.74 Å². The third kappa shape index (κ3) is 4.80. The highest BCUT2D eigenvalue weighted by atomic mass is 32.1. The maximum atomic E-state index is 12.3. The summed E-state index contributed by atoms with van der Waals surface area (Å²) >= 11 is 4.22. The zero-order chi connectivity index (χ0) is 13.6. The minimum atomic E-state index is -4.30. The van der Waals surface area contributed by atoms with E-state index in [9.17, 15) is 13.2 Å². The second-order valence-corrected chi connectivity index (χ2v) is 4.54. The summed E-state index contributed by atoms with van der Waals surface area (Å²) in [6.07, 6.45) is -2.25. The fourth-order valence-corrected chi connectivity index (χ4v) is 1.88. The lowest BCUT2D eigenvalue weighted by Gasteiger charge is -2.15. The average Bonchev–Trinajstić information content (AvgIpc) is 2.34. The van der Waals surface area contributed by atoms with Crippen LogP contribution in [0.25, 0.3) is 0 Å². The summed E-state index contributed by atoms with van der Waals surface area (Å²) in [5.74, 6) is 1.51. The highest BCUT2D eigenvalue weighted by Crippen LogP contribution is 2.30. The van der Waals surface area contributed by atoms with Gasteiger partial charge in [0.1, 0.15) is 5.75 Å². The number of hydrogen-bond acceptors (Lipinski definition) is 2. The Hall–Kier alpha value is -0.840. The second kappa shape index (κ2) is 6.92. The Kier molecular flexibility index (Phi) is 5.85. The fourth-order valence-electron chi connectivity index (χ4n) is 1.59. The molecule has 0 heterocycles. The van der Waals surface area contributed by atoms with Gasteiger partial charge in [-0.25, -0.2) is 0 Å². The molecule has 0 aliphatic rings. The van der Waals surface area contributed by atoms with Crippen LogP contribution in [0, 0.1) is 5.92 Å². The molecule has 0 aliphatic heterocycles. The largest absolute Gasteiger partial charge is 0.493 e. The van der Waals surface area contributed by atoms with Crippen LogP contribution in [0.1, 0.15) is 25.3 Å². The van der Waals surface area contributed by atoms with E-state index in [0.717, 1.165) is 25.0 Å². The van der Waals surface area contributed by atoms with Gasteiger partial charge in [-0.2, -0.15) is 25.8 Å². The Labute approximate surface area is 111 Å². The summed E-state index contributed by atoms with van der Waals surface area (Å²) in [6, 6.07) is 4.77. The Morgan fingerprint density at radius 2 is 1.83 bits per heavy atom. The van der Waals surface area contributed by atoms with Gasteiger partial charge in [0.05, 0.1) is 12.2 Å². The highest BCUT2D eigenvalue weighted by molar-refractivity contribution is 7.80. The van der Waals surface area contributed by atoms with Crippen molar-refractivity contribution in [3.8, 4) is 5.75 Å². The number of rotatable bonds is 6. The molecule has 18 heavy (non-hydrogen) atoms. The molecule has 102 valence electrons. The molecule has 0 aromatic heterocycles. The Morgan fingerprint density at radius 3 is 2.28 bits per heavy atom. The fraction of sp³-hybridized carbons (Fsp3) is 0.538. The minimum absolute atomic E-state index is 0.334. The molecule has 0 saturated heterocycles. The zero-order valence-electron chi connectivity index (χ0n) is 10.2. The smallest absolute Gasteiger partial charge is 0.416 e. The second-order valence-electron chi connectivity index (χ2n) is 4.17. The van der Waals surface area contributed by atoms with Gasteiger partial charge in [0.2, 0.25) is 0 Å². The standard InChI is InChI=1S/C13H17F3OS/c1-2-3-10(9-18)8-17-12-6-4-11(5-7-12)13(14,15)16/h4-7,10,18H,2-3,8-9H2,1H3. The van der Waals surface area contributed by atoms with E-state index in [1.54, 1.807) is 0 Å². The molecular formula is C13H17F3OS. The maximum absolute atomic E-state index is 12.3. The van der Waals surface area contributed by atoms with Crippen LogP contribution in [-0.2, 0) is 6.18 Å². The first kappa shape index (κ1) is 15.2. The van der Waals surface area contributed by atoms with E-state index in [1.165, 1.54) is 12.1 Å². The molecule has 1 nitrogen and oxygen atoms in total. The number of thiol groups is 1. The summed E-state index contributed by atoms with van der Waals surface area (Å²) in [5, 5.41) is 0. The van der Waals surface area contributed by atoms with Gasteiger partial charge in [-0.1, -0.05) is 13.3 Å². The van der Waals surface area contributed by atoms with Gasteiger partial charge in [-0.15, -0.1) is 0 Å². The highest BCUT2D eigenvalue weighted by Gasteiger charge is 2.30. The van der Waals surface area contributed by atoms with Crippen LogP contribution in [0.4, 0.5) is 13.2 Å². The van der Waals surface area contributed by atoms with Crippen molar-refractivity contribution in [2.75, 3.05) is 12.4 Å². The SMILES string of the molecule is CCCC(CS)COc1ccc(C(F)(F)F)cc1. The topological polar surface area (TPSA) is 9.23 Å². The maximum Gasteiger partial charge on any atom is 0.416 e. The van der Waals surface area contributed by atoms with Crippen LogP contribution in [-0.4, -0.2) is 12.4 Å². The monoisotopic (exact) mass is 278 g/mol. The summed E-state index contributed by atoms with van der Waals surface area (Å²) in [6.45, 7) is 2.57. The Bertz CT molecular complexity index is 348. The lowest BCUT2D eigenvalue weighted by Crippen LogP contribution is -2.13. The summed E-state index contributed by atoms with van der Waals surface area (Å²) in [4.78, 5) is 0. The Morgan fingerprint density at radius 1 is 1.22 bits per heavy atom. The van der Waals surface area contributed by atoms with Crippen LogP contribution in [0.15, 0.2) is 24.3 Å². The first-order chi connectivity index (χ1) is 8.47. The predicted octanol–water partition coefficient (Wildman–Crippen LogP) is 4.43. The summed E-state index contributed by atoms with van der Waals surface area (Å²) < 4.78 is 42.5. The molecule has 0 amide bonds. The first-order valence-electron chi connectivity index (χ1n) is 5.88. The lowest BCUT2D eigenvalue weighted by atomic mass is 10.1. The molecule has 1 aromatic carbocycles. The van der Waals surface area contributed by atoms with Crippen molar-refractivity contribution < 1.29 is 17.9 Å². The zero-order valence-corrected chi connectivity index (χ0v) is 11.1. The number of benzene rings is 1. The van der Waals surface area contributed by atoms with Crippen LogP contribution in [0.3, 0.4) is 0 Å². The molecule has 1 atom stereocenters. The van der Waals surface area contributed by atoms with Crippen LogP contribution >= 0.6 is 12.6 Å². The van der Waals surface area contributed by atoms with E-state index in [0.29, 0.717) is 24.0 Å². The molecular weight excluding hydrogens is 261 g/mol. The number of alkyl halides is 3. The predicted molar refractivity (Wildman–Crippen MR) is 69.2 cm³/mol. The minimum Gasteiger partial charge on any atom is -0.493 e. The van der Waals surface area contributed by atoms with Gasteiger partial charge in [0.15, 0.2) is 0 Å². The summed E-state index contributed by atoms with van der Waals surface area (Å²) in [5.41, 5.74) is -0.658. The van der Waals surface area contributed by atoms with E-state index in [4.69, 9.17) is 4.74 Å². The van der Waals surface area contributed by atoms with Gasteiger partial charge in [0, 0.05) is 5.92 Å². The number of ether oxygens (including phenoxy) is 1. The lowest BCUT2D eigenvalue weighted by molar-refractivity contribution is -0.137. The van der Waals surface area contributed by atoms with E-state index >= 15 is 0 Å². The van der Waals surface area contributed by atoms with E-state index in [-0.39, 0.29) is 0 Å². The van der Waals surface area contributed by atoms with Crippen molar-refractivity contribution >= 4 is 12.6 Å². The molecule has 0 bridgehead atoms. The van der Waals surface area contributed by atoms with E-state index in [1.807, 2.05) is 0 Å².